The van der Waals surface area contributed by atoms with Gasteiger partial charge in [0.05, 0.1) is 13.2 Å². The number of amides is 2. The van der Waals surface area contributed by atoms with Crippen LogP contribution in [0, 0.1) is 0 Å². The van der Waals surface area contributed by atoms with Crippen molar-refractivity contribution in [1.82, 2.24) is 5.32 Å². The predicted molar refractivity (Wildman–Crippen MR) is 115 cm³/mol. The maximum atomic E-state index is 12.2. The summed E-state index contributed by atoms with van der Waals surface area (Å²) in [6, 6.07) is 14.3. The minimum absolute atomic E-state index is 0.102. The summed E-state index contributed by atoms with van der Waals surface area (Å²) in [4.78, 5) is 24.4. The molecule has 0 bridgehead atoms. The molecule has 2 amide bonds. The fraction of sp³-hybridized carbons (Fsp3) is 0.364. The Bertz CT molecular complexity index is 795. The third-order valence-electron chi connectivity index (χ3n) is 3.98. The summed E-state index contributed by atoms with van der Waals surface area (Å²) in [6.45, 7) is 3.93. The number of methoxy groups -OCH3 is 1. The summed E-state index contributed by atoms with van der Waals surface area (Å²) in [6.07, 6.45) is 1.68. The summed E-state index contributed by atoms with van der Waals surface area (Å²) in [5, 5.41) is 8.70. The van der Waals surface area contributed by atoms with Gasteiger partial charge in [0.2, 0.25) is 5.91 Å². The number of carbonyl (C=O) groups excluding carboxylic acids is 2. The minimum atomic E-state index is -0.206. The second kappa shape index (κ2) is 12.4. The summed E-state index contributed by atoms with van der Waals surface area (Å²) >= 11 is 0. The second-order valence-electron chi connectivity index (χ2n) is 6.46. The zero-order valence-corrected chi connectivity index (χ0v) is 17.0. The van der Waals surface area contributed by atoms with Crippen LogP contribution in [0.2, 0.25) is 0 Å². The van der Waals surface area contributed by atoms with Gasteiger partial charge in [-0.15, -0.1) is 0 Å². The maximum absolute atomic E-state index is 12.2. The van der Waals surface area contributed by atoms with E-state index in [1.807, 2.05) is 31.2 Å². The van der Waals surface area contributed by atoms with Crippen LogP contribution in [0.3, 0.4) is 0 Å². The minimum Gasteiger partial charge on any atom is -0.494 e. The second-order valence-corrected chi connectivity index (χ2v) is 6.46. The van der Waals surface area contributed by atoms with Crippen LogP contribution in [0.4, 0.5) is 11.4 Å². The largest absolute Gasteiger partial charge is 0.494 e. The van der Waals surface area contributed by atoms with Crippen molar-refractivity contribution in [1.29, 1.82) is 0 Å². The van der Waals surface area contributed by atoms with Crippen molar-refractivity contribution in [2.24, 2.45) is 0 Å². The van der Waals surface area contributed by atoms with Crippen LogP contribution in [-0.2, 0) is 9.53 Å². The van der Waals surface area contributed by atoms with Crippen LogP contribution < -0.4 is 20.7 Å². The fourth-order valence-corrected chi connectivity index (χ4v) is 2.56. The van der Waals surface area contributed by atoms with Gasteiger partial charge < -0.3 is 25.4 Å². The van der Waals surface area contributed by atoms with Crippen LogP contribution in [0.15, 0.2) is 48.5 Å². The zero-order valence-electron chi connectivity index (χ0n) is 17.0. The van der Waals surface area contributed by atoms with E-state index in [2.05, 4.69) is 16.0 Å². The Morgan fingerprint density at radius 3 is 2.59 bits per heavy atom. The first kappa shape index (κ1) is 22.2. The monoisotopic (exact) mass is 399 g/mol. The SMILES string of the molecule is CCCOc1cccc(NCC(=O)Nc2cccc(C(=O)NCCCOC)c2)c1. The number of ether oxygens (including phenoxy) is 2. The van der Waals surface area contributed by atoms with Gasteiger partial charge in [0.25, 0.3) is 5.91 Å². The summed E-state index contributed by atoms with van der Waals surface area (Å²) in [5.74, 6) is 0.378. The van der Waals surface area contributed by atoms with Crippen molar-refractivity contribution < 1.29 is 19.1 Å². The van der Waals surface area contributed by atoms with Gasteiger partial charge in [-0.05, 0) is 43.2 Å². The molecule has 7 heteroatoms. The van der Waals surface area contributed by atoms with Crippen molar-refractivity contribution in [3.05, 3.63) is 54.1 Å². The Morgan fingerprint density at radius 1 is 1.00 bits per heavy atom. The molecule has 0 heterocycles. The number of hydrogen-bond donors (Lipinski definition) is 3. The molecule has 0 aliphatic carbocycles. The first-order valence-corrected chi connectivity index (χ1v) is 9.76. The highest BCUT2D eigenvalue weighted by atomic mass is 16.5. The van der Waals surface area contributed by atoms with E-state index in [-0.39, 0.29) is 18.4 Å². The molecule has 0 saturated heterocycles. The molecule has 0 atom stereocenters. The molecule has 0 spiro atoms. The van der Waals surface area contributed by atoms with E-state index in [9.17, 15) is 9.59 Å². The molecule has 3 N–H and O–H groups in total. The maximum Gasteiger partial charge on any atom is 0.251 e. The van der Waals surface area contributed by atoms with Crippen molar-refractivity contribution in [3.8, 4) is 5.75 Å². The summed E-state index contributed by atoms with van der Waals surface area (Å²) in [7, 11) is 1.62. The Balaban J connectivity index is 1.83. The van der Waals surface area contributed by atoms with Crippen molar-refractivity contribution in [3.63, 3.8) is 0 Å². The molecule has 0 aromatic heterocycles. The van der Waals surface area contributed by atoms with Crippen LogP contribution in [-0.4, -0.2) is 45.2 Å². The van der Waals surface area contributed by atoms with E-state index >= 15 is 0 Å². The lowest BCUT2D eigenvalue weighted by molar-refractivity contribution is -0.114. The topological polar surface area (TPSA) is 88.7 Å². The van der Waals surface area contributed by atoms with Gasteiger partial charge in [-0.25, -0.2) is 0 Å². The summed E-state index contributed by atoms with van der Waals surface area (Å²) < 4.78 is 10.5. The quantitative estimate of drug-likeness (QED) is 0.477. The number of benzene rings is 2. The van der Waals surface area contributed by atoms with Gasteiger partial charge in [0.1, 0.15) is 5.75 Å². The van der Waals surface area contributed by atoms with E-state index in [1.165, 1.54) is 0 Å². The zero-order chi connectivity index (χ0) is 20.9. The lowest BCUT2D eigenvalue weighted by atomic mass is 10.2. The normalized spacial score (nSPS) is 10.3. The number of nitrogens with one attached hydrogen (secondary N) is 3. The van der Waals surface area contributed by atoms with Crippen molar-refractivity contribution in [2.75, 3.05) is 44.0 Å². The van der Waals surface area contributed by atoms with Crippen LogP contribution >= 0.6 is 0 Å². The molecule has 0 unspecified atom stereocenters. The number of anilines is 2. The third kappa shape index (κ3) is 8.23. The molecule has 0 aliphatic rings. The molecule has 0 radical (unpaired) electrons. The van der Waals surface area contributed by atoms with E-state index < -0.39 is 0 Å². The van der Waals surface area contributed by atoms with E-state index in [1.54, 1.807) is 31.4 Å². The average molecular weight is 399 g/mol. The predicted octanol–water partition coefficient (Wildman–Crippen LogP) is 3.29. The first-order chi connectivity index (χ1) is 14.1. The third-order valence-corrected chi connectivity index (χ3v) is 3.98. The highest BCUT2D eigenvalue weighted by Crippen LogP contribution is 2.17. The Morgan fingerprint density at radius 2 is 1.79 bits per heavy atom. The van der Waals surface area contributed by atoms with E-state index in [0.29, 0.717) is 31.0 Å². The van der Waals surface area contributed by atoms with Gasteiger partial charge in [0.15, 0.2) is 0 Å². The van der Waals surface area contributed by atoms with Gasteiger partial charge in [-0.3, -0.25) is 9.59 Å². The van der Waals surface area contributed by atoms with Gasteiger partial charge in [-0.1, -0.05) is 19.1 Å². The smallest absolute Gasteiger partial charge is 0.251 e. The molecule has 29 heavy (non-hydrogen) atoms. The molecular formula is C22H29N3O4. The van der Waals surface area contributed by atoms with E-state index in [0.717, 1.165) is 24.3 Å². The van der Waals surface area contributed by atoms with Crippen LogP contribution in [0.1, 0.15) is 30.1 Å². The Kier molecular flexibility index (Phi) is 9.51. The highest BCUT2D eigenvalue weighted by Gasteiger charge is 2.08. The van der Waals surface area contributed by atoms with Crippen LogP contribution in [0.5, 0.6) is 5.75 Å². The lowest BCUT2D eigenvalue weighted by Gasteiger charge is -2.11. The molecule has 2 aromatic carbocycles. The molecule has 2 rings (SSSR count). The van der Waals surface area contributed by atoms with E-state index in [4.69, 9.17) is 9.47 Å². The lowest BCUT2D eigenvalue weighted by Crippen LogP contribution is -2.25. The molecule has 0 saturated carbocycles. The highest BCUT2D eigenvalue weighted by molar-refractivity contribution is 5.98. The van der Waals surface area contributed by atoms with Gasteiger partial charge >= 0.3 is 0 Å². The number of carbonyl (C=O) groups is 2. The molecule has 7 nitrogen and oxygen atoms in total. The molecule has 2 aromatic rings. The van der Waals surface area contributed by atoms with Crippen molar-refractivity contribution in [2.45, 2.75) is 19.8 Å². The van der Waals surface area contributed by atoms with Gasteiger partial charge in [-0.2, -0.15) is 0 Å². The first-order valence-electron chi connectivity index (χ1n) is 9.76. The number of hydrogen-bond acceptors (Lipinski definition) is 5. The molecule has 156 valence electrons. The molecule has 0 fully saturated rings. The van der Waals surface area contributed by atoms with Crippen LogP contribution in [0.25, 0.3) is 0 Å². The molecular weight excluding hydrogens is 370 g/mol. The van der Waals surface area contributed by atoms with Crippen molar-refractivity contribution >= 4 is 23.2 Å². The number of rotatable bonds is 12. The molecule has 0 aliphatic heterocycles. The Labute approximate surface area is 171 Å². The average Bonchev–Trinajstić information content (AvgIpc) is 2.74. The standard InChI is InChI=1S/C22H29N3O4/c1-3-12-29-20-10-5-8-18(15-20)24-16-21(26)25-19-9-4-7-17(14-19)22(27)23-11-6-13-28-2/h4-5,7-10,14-15,24H,3,6,11-13,16H2,1-2H3,(H,23,27)(H,25,26). The fourth-order valence-electron chi connectivity index (χ4n) is 2.56. The van der Waals surface area contributed by atoms with Gasteiger partial charge in [0, 0.05) is 43.3 Å². The Hall–Kier alpha value is -3.06. The summed E-state index contributed by atoms with van der Waals surface area (Å²) in [5.41, 5.74) is 1.87.